The molecular weight excluding hydrogens is 536 g/mol. The van der Waals surface area contributed by atoms with Gasteiger partial charge in [-0.3, -0.25) is 13.8 Å². The van der Waals surface area contributed by atoms with E-state index in [0.29, 0.717) is 11.4 Å². The molecule has 11 heteroatoms. The Kier molecular flexibility index (Phi) is 8.03. The molecule has 0 saturated heterocycles. The number of amides is 1. The average Bonchev–Trinajstić information content (AvgIpc) is 2.90. The number of rotatable bonds is 9. The molecule has 0 aliphatic heterocycles. The van der Waals surface area contributed by atoms with Gasteiger partial charge in [0.25, 0.3) is 20.0 Å². The molecule has 1 amide bonds. The van der Waals surface area contributed by atoms with E-state index < -0.39 is 32.5 Å². The average molecular weight is 565 g/mol. The summed E-state index contributed by atoms with van der Waals surface area (Å²) < 4.78 is 55.9. The van der Waals surface area contributed by atoms with Crippen LogP contribution in [0.15, 0.2) is 101 Å². The van der Waals surface area contributed by atoms with Crippen molar-refractivity contribution >= 4 is 43.1 Å². The van der Waals surface area contributed by atoms with Gasteiger partial charge in [-0.1, -0.05) is 29.8 Å². The van der Waals surface area contributed by atoms with Crippen molar-refractivity contribution in [3.8, 4) is 0 Å². The first kappa shape index (κ1) is 27.8. The fourth-order valence-electron chi connectivity index (χ4n) is 3.70. The van der Waals surface area contributed by atoms with Crippen LogP contribution in [0.25, 0.3) is 0 Å². The molecular formula is C28H28N4O5S2. The van der Waals surface area contributed by atoms with Gasteiger partial charge in [-0.2, -0.15) is 0 Å². The molecule has 0 bridgehead atoms. The predicted molar refractivity (Wildman–Crippen MR) is 152 cm³/mol. The number of benzene rings is 3. The van der Waals surface area contributed by atoms with E-state index in [2.05, 4.69) is 15.0 Å². The number of pyridine rings is 1. The summed E-state index contributed by atoms with van der Waals surface area (Å²) in [5.74, 6) is -0.415. The monoisotopic (exact) mass is 564 g/mol. The van der Waals surface area contributed by atoms with Gasteiger partial charge in [0.15, 0.2) is 0 Å². The molecule has 0 radical (unpaired) electrons. The lowest BCUT2D eigenvalue weighted by atomic mass is 10.1. The number of hydrogen-bond acceptors (Lipinski definition) is 6. The Labute approximate surface area is 228 Å². The lowest BCUT2D eigenvalue weighted by Crippen LogP contribution is -2.38. The summed E-state index contributed by atoms with van der Waals surface area (Å²) in [6.45, 7) is 5.16. The van der Waals surface area contributed by atoms with Crippen molar-refractivity contribution in [2.45, 2.75) is 30.6 Å². The van der Waals surface area contributed by atoms with E-state index in [0.717, 1.165) is 21.0 Å². The Bertz CT molecular complexity index is 1690. The summed E-state index contributed by atoms with van der Waals surface area (Å²) in [5.41, 5.74) is 3.45. The molecule has 1 aromatic heterocycles. The number of aromatic nitrogens is 1. The highest BCUT2D eigenvalue weighted by Gasteiger charge is 2.27. The molecule has 9 nitrogen and oxygen atoms in total. The smallest absolute Gasteiger partial charge is 0.264 e. The third-order valence-corrected chi connectivity index (χ3v) is 9.19. The number of anilines is 3. The minimum Gasteiger partial charge on any atom is -0.325 e. The van der Waals surface area contributed by atoms with Crippen LogP contribution < -0.4 is 14.3 Å². The summed E-state index contributed by atoms with van der Waals surface area (Å²) in [5, 5.41) is 2.66. The topological polar surface area (TPSA) is 126 Å². The van der Waals surface area contributed by atoms with E-state index in [4.69, 9.17) is 0 Å². The van der Waals surface area contributed by atoms with Crippen molar-refractivity contribution in [2.75, 3.05) is 20.9 Å². The molecule has 4 rings (SSSR count). The van der Waals surface area contributed by atoms with Gasteiger partial charge in [-0.15, -0.1) is 0 Å². The number of nitrogens with one attached hydrogen (secondary N) is 2. The number of sulfonamides is 2. The van der Waals surface area contributed by atoms with Gasteiger partial charge >= 0.3 is 0 Å². The molecule has 1 heterocycles. The fraction of sp³-hybridized carbons (Fsp3) is 0.143. The molecule has 202 valence electrons. The predicted octanol–water partition coefficient (Wildman–Crippen LogP) is 4.64. The van der Waals surface area contributed by atoms with E-state index in [1.54, 1.807) is 42.5 Å². The van der Waals surface area contributed by atoms with Crippen LogP contribution in [-0.2, 0) is 24.8 Å². The zero-order valence-corrected chi connectivity index (χ0v) is 23.3. The minimum atomic E-state index is -4.06. The molecule has 0 aliphatic carbocycles. The van der Waals surface area contributed by atoms with Crippen molar-refractivity contribution < 1.29 is 21.6 Å². The lowest BCUT2D eigenvalue weighted by Gasteiger charge is -2.25. The molecule has 4 aromatic rings. The summed E-state index contributed by atoms with van der Waals surface area (Å²) in [6, 6.07) is 22.0. The van der Waals surface area contributed by atoms with Crippen LogP contribution in [0.3, 0.4) is 0 Å². The maximum atomic E-state index is 13.6. The largest absolute Gasteiger partial charge is 0.325 e. The summed E-state index contributed by atoms with van der Waals surface area (Å²) >= 11 is 0. The van der Waals surface area contributed by atoms with Crippen LogP contribution in [0.1, 0.15) is 16.7 Å². The molecule has 0 saturated carbocycles. The van der Waals surface area contributed by atoms with E-state index >= 15 is 0 Å². The highest BCUT2D eigenvalue weighted by Crippen LogP contribution is 2.26. The van der Waals surface area contributed by atoms with E-state index in [9.17, 15) is 21.6 Å². The Hall–Kier alpha value is -4.22. The molecule has 39 heavy (non-hydrogen) atoms. The molecule has 2 N–H and O–H groups in total. The van der Waals surface area contributed by atoms with Crippen molar-refractivity contribution in [1.82, 2.24) is 4.98 Å². The highest BCUT2D eigenvalue weighted by molar-refractivity contribution is 7.93. The van der Waals surface area contributed by atoms with E-state index in [-0.39, 0.29) is 15.6 Å². The first-order valence-corrected chi connectivity index (χ1v) is 14.9. The molecule has 3 aromatic carbocycles. The zero-order chi connectivity index (χ0) is 28.2. The van der Waals surface area contributed by atoms with Gasteiger partial charge in [-0.25, -0.2) is 21.8 Å². The van der Waals surface area contributed by atoms with Gasteiger partial charge < -0.3 is 5.32 Å². The van der Waals surface area contributed by atoms with Crippen molar-refractivity contribution in [3.05, 3.63) is 108 Å². The second kappa shape index (κ2) is 11.3. The molecule has 0 fully saturated rings. The van der Waals surface area contributed by atoms with Crippen LogP contribution in [0, 0.1) is 20.8 Å². The van der Waals surface area contributed by atoms with Crippen LogP contribution in [-0.4, -0.2) is 34.3 Å². The van der Waals surface area contributed by atoms with Gasteiger partial charge in [0, 0.05) is 11.9 Å². The SMILES string of the molecule is Cc1ccc(S(=O)(=O)N(CC(=O)Nc2ccc(S(=O)(=O)Nc3ccccn3)cc2)c2ccc(C)c(C)c2)cc1. The van der Waals surface area contributed by atoms with Gasteiger partial charge in [-0.05, 0) is 92.6 Å². The lowest BCUT2D eigenvalue weighted by molar-refractivity contribution is -0.114. The van der Waals surface area contributed by atoms with Gasteiger partial charge in [0.2, 0.25) is 5.91 Å². The fourth-order valence-corrected chi connectivity index (χ4v) is 6.12. The summed E-state index contributed by atoms with van der Waals surface area (Å²) in [4.78, 5) is 17.0. The van der Waals surface area contributed by atoms with E-state index in [1.807, 2.05) is 20.8 Å². The Morgan fingerprint density at radius 3 is 2.08 bits per heavy atom. The Balaban J connectivity index is 1.55. The van der Waals surface area contributed by atoms with Crippen LogP contribution in [0.4, 0.5) is 17.2 Å². The van der Waals surface area contributed by atoms with E-state index in [1.165, 1.54) is 48.7 Å². The first-order valence-electron chi connectivity index (χ1n) is 12.0. The number of aryl methyl sites for hydroxylation is 3. The number of carbonyl (C=O) groups excluding carboxylic acids is 1. The molecule has 0 atom stereocenters. The standard InChI is InChI=1S/C28H28N4O5S2/c1-20-7-13-26(14-8-20)39(36,37)32(24-12-9-21(2)22(3)18-24)19-28(33)30-23-10-15-25(16-11-23)38(34,35)31-27-6-4-5-17-29-27/h4-18H,19H2,1-3H3,(H,29,31)(H,30,33). The van der Waals surface area contributed by atoms with Crippen molar-refractivity contribution in [3.63, 3.8) is 0 Å². The van der Waals surface area contributed by atoms with Crippen LogP contribution in [0.5, 0.6) is 0 Å². The number of carbonyl (C=O) groups is 1. The minimum absolute atomic E-state index is 0.0233. The highest BCUT2D eigenvalue weighted by atomic mass is 32.2. The normalized spacial score (nSPS) is 11.6. The van der Waals surface area contributed by atoms with Gasteiger partial charge in [0.1, 0.15) is 12.4 Å². The third-order valence-electron chi connectivity index (χ3n) is 6.03. The summed E-state index contributed by atoms with van der Waals surface area (Å²) in [7, 11) is -7.95. The maximum Gasteiger partial charge on any atom is 0.264 e. The van der Waals surface area contributed by atoms with Crippen LogP contribution in [0.2, 0.25) is 0 Å². The van der Waals surface area contributed by atoms with Gasteiger partial charge in [0.05, 0.1) is 15.5 Å². The third kappa shape index (κ3) is 6.62. The Morgan fingerprint density at radius 1 is 0.795 bits per heavy atom. The van der Waals surface area contributed by atoms with Crippen molar-refractivity contribution in [1.29, 1.82) is 0 Å². The van der Waals surface area contributed by atoms with Crippen molar-refractivity contribution in [2.24, 2.45) is 0 Å². The number of nitrogens with zero attached hydrogens (tertiary/aromatic N) is 2. The molecule has 0 spiro atoms. The second-order valence-corrected chi connectivity index (χ2v) is 12.5. The Morgan fingerprint density at radius 2 is 1.46 bits per heavy atom. The molecule has 0 aliphatic rings. The number of hydrogen-bond donors (Lipinski definition) is 2. The molecule has 0 unspecified atom stereocenters. The zero-order valence-electron chi connectivity index (χ0n) is 21.6. The quantitative estimate of drug-likeness (QED) is 0.305. The second-order valence-electron chi connectivity index (χ2n) is 8.99. The van der Waals surface area contributed by atoms with Crippen LogP contribution >= 0.6 is 0 Å². The first-order chi connectivity index (χ1) is 18.5. The maximum absolute atomic E-state index is 13.6. The summed E-state index contributed by atoms with van der Waals surface area (Å²) in [6.07, 6.45) is 1.47.